The molecule has 0 amide bonds. The minimum atomic E-state index is -1.64. The molecule has 0 bridgehead atoms. The topological polar surface area (TPSA) is 63.6 Å². The number of hydrogen-bond acceptors (Lipinski definition) is 7. The highest BCUT2D eigenvalue weighted by Gasteiger charge is 2.31. The van der Waals surface area contributed by atoms with E-state index in [1.807, 2.05) is 32.2 Å². The van der Waals surface area contributed by atoms with Crippen molar-refractivity contribution < 1.29 is 22.6 Å². The Labute approximate surface area is 214 Å². The number of pyridine rings is 1. The van der Waals surface area contributed by atoms with Gasteiger partial charge in [0.2, 0.25) is 0 Å². The van der Waals surface area contributed by atoms with Crippen LogP contribution in [-0.2, 0) is 11.2 Å². The van der Waals surface area contributed by atoms with Gasteiger partial charge in [0, 0.05) is 37.5 Å². The zero-order chi connectivity index (χ0) is 26.1. The second-order valence-electron chi connectivity index (χ2n) is 9.67. The Morgan fingerprint density at radius 2 is 1.86 bits per heavy atom. The van der Waals surface area contributed by atoms with Crippen LogP contribution in [0.5, 0.6) is 5.75 Å². The molecule has 3 aromatic rings. The molecule has 0 N–H and O–H groups in total. The van der Waals surface area contributed by atoms with Gasteiger partial charge in [0.25, 0.3) is 6.36 Å². The lowest BCUT2D eigenvalue weighted by Crippen LogP contribution is -2.42. The Bertz CT molecular complexity index is 1250. The molecule has 196 valence electrons. The molecule has 1 saturated heterocycles. The molecule has 37 heavy (non-hydrogen) atoms. The van der Waals surface area contributed by atoms with Crippen molar-refractivity contribution in [2.75, 3.05) is 36.5 Å². The maximum absolute atomic E-state index is 14.9. The highest BCUT2D eigenvalue weighted by molar-refractivity contribution is 5.72. The molecule has 10 heteroatoms. The average molecular weight is 514 g/mol. The monoisotopic (exact) mass is 513 g/mol. The molecule has 0 radical (unpaired) electrons. The Kier molecular flexibility index (Phi) is 7.19. The van der Waals surface area contributed by atoms with Crippen molar-refractivity contribution >= 4 is 11.4 Å². The van der Waals surface area contributed by atoms with Crippen LogP contribution in [0.4, 0.5) is 24.5 Å². The van der Waals surface area contributed by atoms with Crippen LogP contribution in [-0.4, -0.2) is 60.2 Å². The van der Waals surface area contributed by atoms with E-state index >= 15 is 0 Å². The predicted octanol–water partition coefficient (Wildman–Crippen LogP) is 4.93. The normalized spacial score (nSPS) is 18.2. The van der Waals surface area contributed by atoms with Gasteiger partial charge in [-0.05, 0) is 51.0 Å². The summed E-state index contributed by atoms with van der Waals surface area (Å²) in [6.45, 7) is 5.52. The first-order valence-electron chi connectivity index (χ1n) is 12.5. The third-order valence-electron chi connectivity index (χ3n) is 6.90. The van der Waals surface area contributed by atoms with Crippen molar-refractivity contribution in [3.8, 4) is 17.0 Å². The van der Waals surface area contributed by atoms with E-state index < -0.39 is 18.0 Å². The molecule has 7 nitrogen and oxygen atoms in total. The second kappa shape index (κ2) is 10.5. The van der Waals surface area contributed by atoms with Gasteiger partial charge in [0.1, 0.15) is 11.5 Å². The van der Waals surface area contributed by atoms with Crippen molar-refractivity contribution in [3.05, 3.63) is 59.8 Å². The Morgan fingerprint density at radius 1 is 1.08 bits per heavy atom. The zero-order valence-corrected chi connectivity index (χ0v) is 21.1. The van der Waals surface area contributed by atoms with E-state index in [0.717, 1.165) is 49.6 Å². The second-order valence-corrected chi connectivity index (χ2v) is 9.67. The summed E-state index contributed by atoms with van der Waals surface area (Å²) in [5, 5.41) is 0. The molecule has 1 fully saturated rings. The fourth-order valence-corrected chi connectivity index (χ4v) is 4.86. The molecule has 0 spiro atoms. The number of benzene rings is 1. The van der Waals surface area contributed by atoms with Gasteiger partial charge >= 0.3 is 0 Å². The van der Waals surface area contributed by atoms with E-state index in [0.29, 0.717) is 17.6 Å². The summed E-state index contributed by atoms with van der Waals surface area (Å²) in [5.41, 5.74) is 2.33. The molecule has 2 aromatic heterocycles. The van der Waals surface area contributed by atoms with Crippen molar-refractivity contribution in [1.82, 2.24) is 15.0 Å². The van der Waals surface area contributed by atoms with Crippen molar-refractivity contribution in [2.45, 2.75) is 51.6 Å². The van der Waals surface area contributed by atoms with Gasteiger partial charge in [-0.3, -0.25) is 4.98 Å². The molecule has 1 aromatic carbocycles. The number of ether oxygens (including phenoxy) is 2. The van der Waals surface area contributed by atoms with Gasteiger partial charge in [-0.15, -0.1) is 0 Å². The average Bonchev–Trinajstić information content (AvgIpc) is 2.90. The number of fused-ring (bicyclic) bond motifs is 1. The van der Waals surface area contributed by atoms with E-state index in [1.54, 1.807) is 18.1 Å². The summed E-state index contributed by atoms with van der Waals surface area (Å²) in [5.74, 6) is -1.27. The first kappa shape index (κ1) is 25.3. The number of aromatic nitrogens is 3. The molecular formula is C27H30F3N5O2. The lowest BCUT2D eigenvalue weighted by atomic mass is 10.1. The van der Waals surface area contributed by atoms with Crippen molar-refractivity contribution in [2.24, 2.45) is 0 Å². The van der Waals surface area contributed by atoms with Crippen LogP contribution in [0.15, 0.2) is 36.7 Å². The zero-order valence-electron chi connectivity index (χ0n) is 21.1. The van der Waals surface area contributed by atoms with Gasteiger partial charge in [-0.25, -0.2) is 18.7 Å². The maximum Gasteiger partial charge on any atom is 0.256 e. The highest BCUT2D eigenvalue weighted by atomic mass is 19.1. The molecular weight excluding hydrogens is 483 g/mol. The molecule has 1 atom stereocenters. The third kappa shape index (κ3) is 5.34. The number of hydrogen-bond donors (Lipinski definition) is 0. The lowest BCUT2D eigenvalue weighted by molar-refractivity contribution is 0.0591. The minimum absolute atomic E-state index is 0.0320. The van der Waals surface area contributed by atoms with E-state index in [4.69, 9.17) is 9.47 Å². The van der Waals surface area contributed by atoms with E-state index in [1.165, 1.54) is 0 Å². The summed E-state index contributed by atoms with van der Waals surface area (Å²) in [6, 6.07) is 6.51. The summed E-state index contributed by atoms with van der Waals surface area (Å²) in [6.07, 6.45) is 3.80. The van der Waals surface area contributed by atoms with Gasteiger partial charge in [-0.1, -0.05) is 0 Å². The number of nitrogens with zero attached hydrogens (tertiary/aromatic N) is 5. The summed E-state index contributed by atoms with van der Waals surface area (Å²) in [4.78, 5) is 17.0. The fourth-order valence-electron chi connectivity index (χ4n) is 4.86. The standard InChI is InChI=1S/C27H30F3N5O2/c1-16(2)35-15-24(30)37-27-21(28)10-17(11-23(27)35)26-22(29)14-32-25(33-26)12-18-4-5-19(13-31-18)34-8-6-20(36-3)7-9-34/h4-5,10-11,13-14,16,20,24H,6-9,12,15H2,1-3H3. The predicted molar refractivity (Wildman–Crippen MR) is 135 cm³/mol. The summed E-state index contributed by atoms with van der Waals surface area (Å²) in [7, 11) is 1.75. The van der Waals surface area contributed by atoms with Crippen molar-refractivity contribution in [1.29, 1.82) is 0 Å². The fraction of sp³-hybridized carbons (Fsp3) is 0.444. The molecule has 2 aliphatic heterocycles. The number of piperidine rings is 1. The largest absolute Gasteiger partial charge is 0.453 e. The van der Waals surface area contributed by atoms with Gasteiger partial charge in [-0.2, -0.15) is 4.39 Å². The number of rotatable bonds is 6. The summed E-state index contributed by atoms with van der Waals surface area (Å²) < 4.78 is 54.3. The maximum atomic E-state index is 14.9. The Morgan fingerprint density at radius 3 is 2.54 bits per heavy atom. The van der Waals surface area contributed by atoms with Crippen LogP contribution in [0.25, 0.3) is 11.3 Å². The first-order valence-corrected chi connectivity index (χ1v) is 12.5. The molecule has 0 saturated carbocycles. The van der Waals surface area contributed by atoms with Gasteiger partial charge in [0.15, 0.2) is 17.4 Å². The van der Waals surface area contributed by atoms with E-state index in [2.05, 4.69) is 19.9 Å². The number of methoxy groups -OCH3 is 1. The van der Waals surface area contributed by atoms with Crippen molar-refractivity contribution in [3.63, 3.8) is 0 Å². The van der Waals surface area contributed by atoms with Crippen LogP contribution >= 0.6 is 0 Å². The van der Waals surface area contributed by atoms with Crippen LogP contribution in [0.3, 0.4) is 0 Å². The Hall–Kier alpha value is -3.40. The quantitative estimate of drug-likeness (QED) is 0.463. The molecule has 0 aliphatic carbocycles. The van der Waals surface area contributed by atoms with Gasteiger partial charge < -0.3 is 19.3 Å². The number of halogens is 3. The van der Waals surface area contributed by atoms with Crippen LogP contribution in [0, 0.1) is 11.6 Å². The van der Waals surface area contributed by atoms with E-state index in [9.17, 15) is 13.2 Å². The SMILES string of the molecule is COC1CCN(c2ccc(Cc3ncc(F)c(-c4cc(F)c5c(c4)N(C(C)C)CC(F)O5)n3)nc2)CC1. The molecule has 4 heterocycles. The highest BCUT2D eigenvalue weighted by Crippen LogP contribution is 2.40. The molecule has 1 unspecified atom stereocenters. The van der Waals surface area contributed by atoms with Crippen LogP contribution in [0.1, 0.15) is 38.2 Å². The third-order valence-corrected chi connectivity index (χ3v) is 6.90. The van der Waals surface area contributed by atoms with Crippen LogP contribution in [0.2, 0.25) is 0 Å². The van der Waals surface area contributed by atoms with Crippen LogP contribution < -0.4 is 14.5 Å². The van der Waals surface area contributed by atoms with Gasteiger partial charge in [0.05, 0.1) is 42.8 Å². The first-order chi connectivity index (χ1) is 17.8. The molecule has 5 rings (SSSR count). The minimum Gasteiger partial charge on any atom is -0.453 e. The summed E-state index contributed by atoms with van der Waals surface area (Å²) >= 11 is 0. The smallest absolute Gasteiger partial charge is 0.256 e. The Balaban J connectivity index is 1.37. The molecule has 2 aliphatic rings. The number of alkyl halides is 1. The lowest BCUT2D eigenvalue weighted by Gasteiger charge is -2.36. The number of anilines is 2. The van der Waals surface area contributed by atoms with E-state index in [-0.39, 0.29) is 36.0 Å².